The summed E-state index contributed by atoms with van der Waals surface area (Å²) in [7, 11) is -3.72. The number of nitro groups is 1. The van der Waals surface area contributed by atoms with Crippen molar-refractivity contribution < 1.29 is 13.3 Å². The lowest BCUT2D eigenvalue weighted by Crippen LogP contribution is -2.49. The van der Waals surface area contributed by atoms with E-state index in [9.17, 15) is 23.8 Å². The minimum absolute atomic E-state index is 0.102. The van der Waals surface area contributed by atoms with Crippen LogP contribution in [0.3, 0.4) is 0 Å². The molecule has 3 aliphatic rings. The molecule has 3 aliphatic heterocycles. The van der Waals surface area contributed by atoms with Crippen LogP contribution in [-0.2, 0) is 9.84 Å². The predicted octanol–water partition coefficient (Wildman–Crippen LogP) is 2.98. The summed E-state index contributed by atoms with van der Waals surface area (Å²) in [6.45, 7) is 3.18. The quantitative estimate of drug-likeness (QED) is 0.437. The van der Waals surface area contributed by atoms with Crippen LogP contribution < -0.4 is 9.80 Å². The van der Waals surface area contributed by atoms with Crippen LogP contribution in [0, 0.1) is 21.4 Å². The molecule has 0 radical (unpaired) electrons. The van der Waals surface area contributed by atoms with Crippen molar-refractivity contribution >= 4 is 38.6 Å². The summed E-state index contributed by atoms with van der Waals surface area (Å²) >= 11 is 6.51. The number of benzene rings is 1. The molecule has 0 saturated carbocycles. The molecule has 12 heteroatoms. The minimum Gasteiger partial charge on any atom is -0.371 e. The van der Waals surface area contributed by atoms with Gasteiger partial charge in [0.1, 0.15) is 11.9 Å². The molecule has 0 bridgehead atoms. The third-order valence-electron chi connectivity index (χ3n) is 6.89. The fourth-order valence-corrected chi connectivity index (χ4v) is 7.23. The number of nitriles is 1. The molecule has 2 saturated heterocycles. The average Bonchev–Trinajstić information content (AvgIpc) is 3.53. The van der Waals surface area contributed by atoms with Gasteiger partial charge in [0.25, 0.3) is 0 Å². The number of sulfone groups is 1. The standard InChI is InChI=1S/C23H23ClN6O4S/c24-19-12-16(28-11-10-27-8-1-2-17(27)14-28)3-5-22(19)35(33,34)18-7-9-29(15-18)23-6-4-21(30(31)32)20(13-25)26-23/h1,3-6,8,12,17-18H,2,7,9-11,14-15H2/t17-,18-/m0/s1. The normalized spacial score (nSPS) is 21.8. The van der Waals surface area contributed by atoms with E-state index in [2.05, 4.69) is 27.1 Å². The summed E-state index contributed by atoms with van der Waals surface area (Å²) < 4.78 is 26.9. The van der Waals surface area contributed by atoms with Crippen LogP contribution in [0.15, 0.2) is 47.5 Å². The van der Waals surface area contributed by atoms with Crippen molar-refractivity contribution in [3.05, 3.63) is 63.4 Å². The van der Waals surface area contributed by atoms with Gasteiger partial charge in [0.15, 0.2) is 9.84 Å². The van der Waals surface area contributed by atoms with Gasteiger partial charge in [-0.3, -0.25) is 10.1 Å². The van der Waals surface area contributed by atoms with Gasteiger partial charge < -0.3 is 14.7 Å². The smallest absolute Gasteiger partial charge is 0.305 e. The number of hydrogen-bond donors (Lipinski definition) is 0. The van der Waals surface area contributed by atoms with Gasteiger partial charge >= 0.3 is 5.69 Å². The number of fused-ring (bicyclic) bond motifs is 1. The zero-order valence-electron chi connectivity index (χ0n) is 18.7. The van der Waals surface area contributed by atoms with Crippen LogP contribution in [0.2, 0.25) is 5.02 Å². The van der Waals surface area contributed by atoms with Gasteiger partial charge in [-0.25, -0.2) is 13.4 Å². The summed E-state index contributed by atoms with van der Waals surface area (Å²) in [5, 5.41) is 19.8. The molecule has 0 amide bonds. The van der Waals surface area contributed by atoms with E-state index in [1.807, 2.05) is 6.07 Å². The van der Waals surface area contributed by atoms with E-state index >= 15 is 0 Å². The summed E-state index contributed by atoms with van der Waals surface area (Å²) in [6.07, 6.45) is 5.68. The van der Waals surface area contributed by atoms with Crippen LogP contribution in [0.4, 0.5) is 17.2 Å². The van der Waals surface area contributed by atoms with Crippen molar-refractivity contribution in [1.29, 1.82) is 5.26 Å². The monoisotopic (exact) mass is 514 g/mol. The molecular formula is C23H23ClN6O4S. The van der Waals surface area contributed by atoms with Gasteiger partial charge in [0.2, 0.25) is 5.69 Å². The van der Waals surface area contributed by atoms with Crippen LogP contribution in [0.25, 0.3) is 0 Å². The Kier molecular flexibility index (Phi) is 6.02. The Morgan fingerprint density at radius 2 is 1.97 bits per heavy atom. The summed E-state index contributed by atoms with van der Waals surface area (Å²) in [4.78, 5) is 20.9. The van der Waals surface area contributed by atoms with E-state index in [0.717, 1.165) is 31.7 Å². The average molecular weight is 515 g/mol. The van der Waals surface area contributed by atoms with Gasteiger partial charge in [-0.15, -0.1) is 0 Å². The van der Waals surface area contributed by atoms with Crippen LogP contribution in [0.5, 0.6) is 0 Å². The second-order valence-electron chi connectivity index (χ2n) is 8.88. The molecule has 0 N–H and O–H groups in total. The van der Waals surface area contributed by atoms with Gasteiger partial charge in [0.05, 0.1) is 20.1 Å². The number of aromatic nitrogens is 1. The molecule has 5 rings (SSSR count). The molecule has 1 aromatic carbocycles. The maximum atomic E-state index is 13.4. The molecule has 1 aromatic heterocycles. The highest BCUT2D eigenvalue weighted by Crippen LogP contribution is 2.34. The molecule has 10 nitrogen and oxygen atoms in total. The molecule has 0 unspecified atom stereocenters. The first kappa shape index (κ1) is 23.4. The topological polar surface area (TPSA) is 124 Å². The number of anilines is 2. The van der Waals surface area contributed by atoms with Crippen molar-refractivity contribution in [1.82, 2.24) is 9.88 Å². The molecule has 2 fully saturated rings. The lowest BCUT2D eigenvalue weighted by atomic mass is 10.1. The van der Waals surface area contributed by atoms with Crippen LogP contribution >= 0.6 is 11.6 Å². The highest BCUT2D eigenvalue weighted by molar-refractivity contribution is 7.92. The summed E-state index contributed by atoms with van der Waals surface area (Å²) in [6, 6.07) is 9.97. The van der Waals surface area contributed by atoms with E-state index in [0.29, 0.717) is 24.8 Å². The highest BCUT2D eigenvalue weighted by atomic mass is 35.5. The fourth-order valence-electron chi connectivity index (χ4n) is 5.00. The van der Waals surface area contributed by atoms with E-state index in [1.165, 1.54) is 12.1 Å². The van der Waals surface area contributed by atoms with Crippen molar-refractivity contribution in [3.8, 4) is 6.07 Å². The lowest BCUT2D eigenvalue weighted by molar-refractivity contribution is -0.385. The number of halogens is 1. The summed E-state index contributed by atoms with van der Waals surface area (Å²) in [5.41, 5.74) is 0.233. The van der Waals surface area contributed by atoms with E-state index in [1.54, 1.807) is 23.1 Å². The maximum Gasteiger partial charge on any atom is 0.305 e. The Hall–Kier alpha value is -3.36. The fraction of sp³-hybridized carbons (Fsp3) is 0.391. The Morgan fingerprint density at radius 1 is 1.14 bits per heavy atom. The molecule has 0 aliphatic carbocycles. The minimum atomic E-state index is -3.72. The first-order chi connectivity index (χ1) is 16.8. The van der Waals surface area contributed by atoms with Crippen molar-refractivity contribution in [3.63, 3.8) is 0 Å². The second-order valence-corrected chi connectivity index (χ2v) is 11.5. The van der Waals surface area contributed by atoms with Crippen molar-refractivity contribution in [2.75, 3.05) is 42.5 Å². The van der Waals surface area contributed by atoms with Crippen LogP contribution in [-0.4, -0.2) is 67.2 Å². The third-order valence-corrected chi connectivity index (χ3v) is 9.55. The molecule has 0 spiro atoms. The van der Waals surface area contributed by atoms with Gasteiger partial charge in [-0.2, -0.15) is 5.26 Å². The number of hydrogen-bond acceptors (Lipinski definition) is 9. The van der Waals surface area contributed by atoms with E-state index < -0.39 is 20.0 Å². The third kappa shape index (κ3) is 4.28. The number of pyridine rings is 1. The number of nitrogens with zero attached hydrogens (tertiary/aromatic N) is 6. The Labute approximate surface area is 208 Å². The first-order valence-electron chi connectivity index (χ1n) is 11.3. The Balaban J connectivity index is 1.32. The largest absolute Gasteiger partial charge is 0.371 e. The first-order valence-corrected chi connectivity index (χ1v) is 13.2. The lowest BCUT2D eigenvalue weighted by Gasteiger charge is -2.39. The zero-order valence-corrected chi connectivity index (χ0v) is 20.3. The molecule has 35 heavy (non-hydrogen) atoms. The van der Waals surface area contributed by atoms with Crippen molar-refractivity contribution in [2.45, 2.75) is 29.0 Å². The van der Waals surface area contributed by atoms with Crippen LogP contribution in [0.1, 0.15) is 18.5 Å². The van der Waals surface area contributed by atoms with Gasteiger partial charge in [-0.1, -0.05) is 17.7 Å². The number of rotatable bonds is 5. The Bertz CT molecular complexity index is 1360. The number of piperazine rings is 1. The predicted molar refractivity (Wildman–Crippen MR) is 131 cm³/mol. The highest BCUT2D eigenvalue weighted by Gasteiger charge is 2.37. The maximum absolute atomic E-state index is 13.4. The van der Waals surface area contributed by atoms with E-state index in [4.69, 9.17) is 11.6 Å². The molecule has 2 aromatic rings. The zero-order chi connectivity index (χ0) is 24.7. The molecule has 4 heterocycles. The van der Waals surface area contributed by atoms with Crippen molar-refractivity contribution in [2.24, 2.45) is 0 Å². The molecular weight excluding hydrogens is 492 g/mol. The van der Waals surface area contributed by atoms with Gasteiger partial charge in [0, 0.05) is 50.5 Å². The van der Waals surface area contributed by atoms with E-state index in [-0.39, 0.29) is 27.8 Å². The molecule has 2 atom stereocenters. The SMILES string of the molecule is N#Cc1nc(N2CC[C@H](S(=O)(=O)c3ccc(N4CCN5C=CC[C@H]5C4)cc3Cl)C2)ccc1[N+](=O)[O-]. The molecule has 182 valence electrons. The second kappa shape index (κ2) is 9.02. The Morgan fingerprint density at radius 3 is 2.71 bits per heavy atom. The van der Waals surface area contributed by atoms with Gasteiger partial charge in [-0.05, 0) is 43.3 Å². The summed E-state index contributed by atoms with van der Waals surface area (Å²) in [5.74, 6) is 0.340.